The van der Waals surface area contributed by atoms with Gasteiger partial charge in [0.15, 0.2) is 5.52 Å². The molecule has 0 amide bonds. The molecule has 0 unspecified atom stereocenters. The predicted molar refractivity (Wildman–Crippen MR) is 131 cm³/mol. The summed E-state index contributed by atoms with van der Waals surface area (Å²) in [5.74, 6) is -1.16. The van der Waals surface area contributed by atoms with E-state index in [0.29, 0.717) is 34.9 Å². The van der Waals surface area contributed by atoms with Crippen LogP contribution in [0.1, 0.15) is 35.7 Å². The molecule has 10 heteroatoms. The van der Waals surface area contributed by atoms with Crippen molar-refractivity contribution >= 4 is 45.2 Å². The third-order valence-electron chi connectivity index (χ3n) is 6.23. The number of nitrogens with zero attached hydrogens (tertiary/aromatic N) is 3. The van der Waals surface area contributed by atoms with Crippen LogP contribution in [0.25, 0.3) is 33.2 Å². The quantitative estimate of drug-likeness (QED) is 0.195. The molecule has 4 aromatic rings. The summed E-state index contributed by atoms with van der Waals surface area (Å²) in [5.41, 5.74) is 3.33. The molecule has 2 aromatic carbocycles. The Bertz CT molecular complexity index is 1500. The normalized spacial score (nSPS) is 13.6. The molecule has 0 bridgehead atoms. The van der Waals surface area contributed by atoms with E-state index in [1.54, 1.807) is 19.1 Å². The number of hydrogen-bond acceptors (Lipinski definition) is 6. The van der Waals surface area contributed by atoms with Crippen molar-refractivity contribution in [1.82, 2.24) is 14.9 Å². The minimum atomic E-state index is -0.765. The van der Waals surface area contributed by atoms with Gasteiger partial charge in [-0.3, -0.25) is 15.0 Å². The molecule has 0 atom stereocenters. The molecule has 8 nitrogen and oxygen atoms in total. The predicted octanol–water partition coefficient (Wildman–Crippen LogP) is 5.85. The van der Waals surface area contributed by atoms with Crippen LogP contribution in [0.3, 0.4) is 0 Å². The van der Waals surface area contributed by atoms with E-state index < -0.39 is 22.4 Å². The monoisotopic (exact) mass is 496 g/mol. The highest BCUT2D eigenvalue weighted by Crippen LogP contribution is 2.38. The highest BCUT2D eigenvalue weighted by atomic mass is 35.5. The van der Waals surface area contributed by atoms with Gasteiger partial charge in [0.05, 0.1) is 39.2 Å². The van der Waals surface area contributed by atoms with Gasteiger partial charge in [0.1, 0.15) is 5.82 Å². The van der Waals surface area contributed by atoms with Crippen LogP contribution in [0, 0.1) is 15.9 Å². The van der Waals surface area contributed by atoms with Crippen molar-refractivity contribution in [3.05, 3.63) is 68.5 Å². The Morgan fingerprint density at radius 2 is 2.09 bits per heavy atom. The number of hydrogen-bond donors (Lipinski definition) is 1. The maximum absolute atomic E-state index is 14.1. The number of H-pyrrole nitrogens is 1. The number of nitrogens with one attached hydrogen (secondary N) is 1. The third kappa shape index (κ3) is 4.33. The summed E-state index contributed by atoms with van der Waals surface area (Å²) in [6, 6.07) is 9.60. The summed E-state index contributed by atoms with van der Waals surface area (Å²) in [6.45, 7) is 2.66. The summed E-state index contributed by atoms with van der Waals surface area (Å²) in [4.78, 5) is 33.1. The van der Waals surface area contributed by atoms with Crippen LogP contribution in [0.15, 0.2) is 36.4 Å². The fraction of sp³-hybridized carbons (Fsp3) is 0.280. The Kier molecular flexibility index (Phi) is 5.90. The van der Waals surface area contributed by atoms with Crippen molar-refractivity contribution in [2.75, 3.05) is 13.7 Å². The van der Waals surface area contributed by atoms with E-state index in [1.165, 1.54) is 0 Å². The number of non-ortho nitro benzene ring substituents is 1. The van der Waals surface area contributed by atoms with Crippen LogP contribution in [-0.4, -0.2) is 45.5 Å². The van der Waals surface area contributed by atoms with Gasteiger partial charge in [-0.25, -0.2) is 14.2 Å². The lowest BCUT2D eigenvalue weighted by Gasteiger charge is -2.18. The van der Waals surface area contributed by atoms with Gasteiger partial charge >= 0.3 is 5.97 Å². The zero-order valence-electron chi connectivity index (χ0n) is 19.1. The number of fused-ring (bicyclic) bond motifs is 2. The smallest absolute Gasteiger partial charge is 0.338 e. The maximum Gasteiger partial charge on any atom is 0.338 e. The second-order valence-corrected chi connectivity index (χ2v) is 9.06. The minimum Gasteiger partial charge on any atom is -0.462 e. The Morgan fingerprint density at radius 1 is 1.31 bits per heavy atom. The van der Waals surface area contributed by atoms with Crippen LogP contribution in [-0.2, 0) is 11.3 Å². The standard InChI is InChI=1S/C25H22ClFN4O4/c1-3-35-25(32)13-4-7-17(14(8-13)12-30(2)16-5-6-16)19-11-20-24(28-19)22(26)18-9-15(27)10-21(31(33)34)23(18)29-20/h4,7-11,16,28H,3,5-6,12H2,1-2H3. The number of aromatic amines is 1. The summed E-state index contributed by atoms with van der Waals surface area (Å²) < 4.78 is 19.2. The maximum atomic E-state index is 14.1. The van der Waals surface area contributed by atoms with E-state index in [1.807, 2.05) is 19.2 Å². The van der Waals surface area contributed by atoms with Crippen LogP contribution < -0.4 is 0 Å². The third-order valence-corrected chi connectivity index (χ3v) is 6.63. The molecule has 1 fully saturated rings. The fourth-order valence-electron chi connectivity index (χ4n) is 4.35. The van der Waals surface area contributed by atoms with Crippen molar-refractivity contribution in [2.24, 2.45) is 0 Å². The van der Waals surface area contributed by atoms with Crippen molar-refractivity contribution in [1.29, 1.82) is 0 Å². The average molecular weight is 497 g/mol. The zero-order chi connectivity index (χ0) is 24.9. The molecular weight excluding hydrogens is 475 g/mol. The molecule has 180 valence electrons. The Hall–Kier alpha value is -3.56. The molecule has 0 spiro atoms. The largest absolute Gasteiger partial charge is 0.462 e. The first-order valence-electron chi connectivity index (χ1n) is 11.2. The zero-order valence-corrected chi connectivity index (χ0v) is 19.9. The molecule has 1 N–H and O–H groups in total. The van der Waals surface area contributed by atoms with Crippen LogP contribution in [0.4, 0.5) is 10.1 Å². The fourth-order valence-corrected chi connectivity index (χ4v) is 4.64. The number of nitro groups is 1. The van der Waals surface area contributed by atoms with Gasteiger partial charge in [-0.2, -0.15) is 0 Å². The van der Waals surface area contributed by atoms with Gasteiger partial charge in [-0.1, -0.05) is 17.7 Å². The molecule has 1 aliphatic carbocycles. The topological polar surface area (TPSA) is 101 Å². The molecule has 2 aromatic heterocycles. The minimum absolute atomic E-state index is 0.0193. The number of ether oxygens (including phenoxy) is 1. The molecule has 0 radical (unpaired) electrons. The van der Waals surface area contributed by atoms with Gasteiger partial charge < -0.3 is 9.72 Å². The van der Waals surface area contributed by atoms with Crippen molar-refractivity contribution in [3.8, 4) is 11.3 Å². The Balaban J connectivity index is 1.66. The molecule has 35 heavy (non-hydrogen) atoms. The molecule has 2 heterocycles. The Labute approximate surface area is 204 Å². The van der Waals surface area contributed by atoms with Gasteiger partial charge in [0.2, 0.25) is 0 Å². The molecule has 1 saturated carbocycles. The first-order chi connectivity index (χ1) is 16.8. The van der Waals surface area contributed by atoms with Crippen LogP contribution >= 0.6 is 11.6 Å². The lowest BCUT2D eigenvalue weighted by molar-refractivity contribution is -0.383. The molecule has 0 saturated heterocycles. The lowest BCUT2D eigenvalue weighted by Crippen LogP contribution is -2.20. The van der Waals surface area contributed by atoms with E-state index in [-0.39, 0.29) is 22.5 Å². The van der Waals surface area contributed by atoms with Crippen molar-refractivity contribution < 1.29 is 18.8 Å². The van der Waals surface area contributed by atoms with E-state index >= 15 is 0 Å². The van der Waals surface area contributed by atoms with Crippen LogP contribution in [0.2, 0.25) is 5.02 Å². The number of pyridine rings is 1. The number of esters is 1. The first kappa shape index (κ1) is 23.2. The van der Waals surface area contributed by atoms with E-state index in [4.69, 9.17) is 16.3 Å². The highest BCUT2D eigenvalue weighted by Gasteiger charge is 2.27. The van der Waals surface area contributed by atoms with E-state index in [9.17, 15) is 19.3 Å². The highest BCUT2D eigenvalue weighted by molar-refractivity contribution is 6.40. The van der Waals surface area contributed by atoms with Crippen molar-refractivity contribution in [3.63, 3.8) is 0 Å². The van der Waals surface area contributed by atoms with Gasteiger partial charge in [-0.05, 0) is 56.6 Å². The molecule has 0 aliphatic heterocycles. The number of carbonyl (C=O) groups excluding carboxylic acids is 1. The SMILES string of the molecule is CCOC(=O)c1ccc(-c2cc3nc4c([N+](=O)[O-])cc(F)cc4c(Cl)c3[nH]2)c(CN(C)C2CC2)c1. The second-order valence-electron chi connectivity index (χ2n) is 8.69. The number of halogens is 2. The summed E-state index contributed by atoms with van der Waals surface area (Å²) >= 11 is 6.57. The summed E-state index contributed by atoms with van der Waals surface area (Å²) in [7, 11) is 2.04. The Morgan fingerprint density at radius 3 is 2.77 bits per heavy atom. The number of rotatable bonds is 7. The molecule has 1 aliphatic rings. The van der Waals surface area contributed by atoms with Gasteiger partial charge in [-0.15, -0.1) is 0 Å². The molecule has 5 rings (SSSR count). The molecular formula is C25H22ClFN4O4. The summed E-state index contributed by atoms with van der Waals surface area (Å²) in [6.07, 6.45) is 2.27. The lowest BCUT2D eigenvalue weighted by atomic mass is 10.0. The number of benzene rings is 2. The van der Waals surface area contributed by atoms with E-state index in [2.05, 4.69) is 14.9 Å². The number of nitro benzene ring substituents is 1. The number of carbonyl (C=O) groups is 1. The average Bonchev–Trinajstić information content (AvgIpc) is 3.59. The van der Waals surface area contributed by atoms with Gasteiger partial charge in [0, 0.05) is 29.2 Å². The summed E-state index contributed by atoms with van der Waals surface area (Å²) in [5, 5.41) is 11.8. The van der Waals surface area contributed by atoms with Crippen molar-refractivity contribution in [2.45, 2.75) is 32.4 Å². The second kappa shape index (κ2) is 8.90. The number of aromatic nitrogens is 2. The van der Waals surface area contributed by atoms with Crippen LogP contribution in [0.5, 0.6) is 0 Å². The van der Waals surface area contributed by atoms with Gasteiger partial charge in [0.25, 0.3) is 5.69 Å². The first-order valence-corrected chi connectivity index (χ1v) is 11.6. The van der Waals surface area contributed by atoms with E-state index in [0.717, 1.165) is 36.1 Å².